The highest BCUT2D eigenvalue weighted by Crippen LogP contribution is 2.31. The number of aryl methyl sites for hydroxylation is 1. The third-order valence-corrected chi connectivity index (χ3v) is 7.03. The van der Waals surface area contributed by atoms with Crippen LogP contribution in [0.3, 0.4) is 0 Å². The molecule has 0 spiro atoms. The standard InChI is InChI=1S/C26H24N4O3S/c1-16-8-7-11-21(17(16)2)29-24(31)20-9-5-6-10-22(20)30-25(29)27-28-26(30)34-15-18-14-19(32-3)12-13-23(18)33-4/h5-14H,15H2,1-4H3. The third kappa shape index (κ3) is 3.60. The summed E-state index contributed by atoms with van der Waals surface area (Å²) in [6.45, 7) is 4.05. The van der Waals surface area contributed by atoms with Crippen molar-refractivity contribution < 1.29 is 9.47 Å². The van der Waals surface area contributed by atoms with Gasteiger partial charge in [0.2, 0.25) is 5.78 Å². The normalized spacial score (nSPS) is 11.3. The van der Waals surface area contributed by atoms with Gasteiger partial charge in [-0.2, -0.15) is 0 Å². The van der Waals surface area contributed by atoms with Crippen LogP contribution in [0.5, 0.6) is 11.5 Å². The van der Waals surface area contributed by atoms with Crippen LogP contribution in [0, 0.1) is 13.8 Å². The van der Waals surface area contributed by atoms with Gasteiger partial charge in [-0.1, -0.05) is 36.0 Å². The van der Waals surface area contributed by atoms with Crippen molar-refractivity contribution in [3.8, 4) is 17.2 Å². The molecule has 172 valence electrons. The van der Waals surface area contributed by atoms with Gasteiger partial charge in [-0.05, 0) is 61.4 Å². The molecule has 0 saturated heterocycles. The van der Waals surface area contributed by atoms with Gasteiger partial charge >= 0.3 is 0 Å². The van der Waals surface area contributed by atoms with E-state index in [2.05, 4.69) is 10.2 Å². The first-order valence-corrected chi connectivity index (χ1v) is 11.8. The first-order chi connectivity index (χ1) is 16.5. The van der Waals surface area contributed by atoms with Crippen molar-refractivity contribution in [3.63, 3.8) is 0 Å². The van der Waals surface area contributed by atoms with Crippen molar-refractivity contribution in [2.24, 2.45) is 0 Å². The largest absolute Gasteiger partial charge is 0.497 e. The fraction of sp³-hybridized carbons (Fsp3) is 0.192. The van der Waals surface area contributed by atoms with Crippen molar-refractivity contribution in [2.75, 3.05) is 14.2 Å². The van der Waals surface area contributed by atoms with Crippen molar-refractivity contribution >= 4 is 28.4 Å². The van der Waals surface area contributed by atoms with E-state index in [0.29, 0.717) is 22.1 Å². The summed E-state index contributed by atoms with van der Waals surface area (Å²) in [5.41, 5.74) is 4.58. The molecule has 0 fully saturated rings. The SMILES string of the molecule is COc1ccc(OC)c(CSc2nnc3n(-c4cccc(C)c4C)c(=O)c4ccccc4n23)c1. The number of methoxy groups -OCH3 is 2. The number of hydrogen-bond donors (Lipinski definition) is 0. The summed E-state index contributed by atoms with van der Waals surface area (Å²) >= 11 is 1.53. The first kappa shape index (κ1) is 22.0. The Morgan fingerprint density at radius 3 is 2.56 bits per heavy atom. The molecule has 0 aliphatic heterocycles. The Balaban J connectivity index is 1.70. The minimum atomic E-state index is -0.116. The molecule has 2 heterocycles. The number of nitrogens with zero attached hydrogens (tertiary/aromatic N) is 4. The zero-order chi connectivity index (χ0) is 23.8. The summed E-state index contributed by atoms with van der Waals surface area (Å²) in [7, 11) is 3.29. The summed E-state index contributed by atoms with van der Waals surface area (Å²) in [5.74, 6) is 2.62. The van der Waals surface area contributed by atoms with Crippen LogP contribution in [-0.4, -0.2) is 33.4 Å². The van der Waals surface area contributed by atoms with Crippen molar-refractivity contribution in [1.82, 2.24) is 19.2 Å². The second kappa shape index (κ2) is 8.87. The van der Waals surface area contributed by atoms with Crippen molar-refractivity contribution in [2.45, 2.75) is 24.8 Å². The molecule has 7 nitrogen and oxygen atoms in total. The maximum Gasteiger partial charge on any atom is 0.267 e. The Hall–Kier alpha value is -3.78. The van der Waals surface area contributed by atoms with E-state index in [4.69, 9.17) is 9.47 Å². The van der Waals surface area contributed by atoms with Crippen LogP contribution < -0.4 is 15.0 Å². The zero-order valence-corrected chi connectivity index (χ0v) is 20.2. The highest BCUT2D eigenvalue weighted by molar-refractivity contribution is 7.98. The van der Waals surface area contributed by atoms with Gasteiger partial charge in [0.25, 0.3) is 5.56 Å². The van der Waals surface area contributed by atoms with E-state index in [1.807, 2.05) is 78.9 Å². The Morgan fingerprint density at radius 2 is 1.76 bits per heavy atom. The summed E-state index contributed by atoms with van der Waals surface area (Å²) in [4.78, 5) is 13.6. The number of benzene rings is 3. The van der Waals surface area contributed by atoms with E-state index in [-0.39, 0.29) is 5.56 Å². The Kier molecular flexibility index (Phi) is 5.75. The quantitative estimate of drug-likeness (QED) is 0.325. The molecular formula is C26H24N4O3S. The molecule has 0 unspecified atom stereocenters. The molecule has 5 rings (SSSR count). The van der Waals surface area contributed by atoms with Crippen LogP contribution in [0.2, 0.25) is 0 Å². The molecule has 0 aliphatic rings. The lowest BCUT2D eigenvalue weighted by Gasteiger charge is -2.14. The molecule has 0 bridgehead atoms. The van der Waals surface area contributed by atoms with E-state index < -0.39 is 0 Å². The Morgan fingerprint density at radius 1 is 0.941 bits per heavy atom. The fourth-order valence-corrected chi connectivity index (χ4v) is 5.02. The minimum absolute atomic E-state index is 0.116. The predicted molar refractivity (Wildman–Crippen MR) is 135 cm³/mol. The maximum atomic E-state index is 13.6. The van der Waals surface area contributed by atoms with Gasteiger partial charge in [-0.25, -0.2) is 4.57 Å². The summed E-state index contributed by atoms with van der Waals surface area (Å²) < 4.78 is 14.5. The van der Waals surface area contributed by atoms with Gasteiger partial charge in [-0.3, -0.25) is 9.20 Å². The monoisotopic (exact) mass is 472 g/mol. The molecule has 0 radical (unpaired) electrons. The van der Waals surface area contributed by atoms with Gasteiger partial charge in [0, 0.05) is 11.3 Å². The topological polar surface area (TPSA) is 70.7 Å². The smallest absolute Gasteiger partial charge is 0.267 e. The molecule has 34 heavy (non-hydrogen) atoms. The number of para-hydroxylation sites is 1. The minimum Gasteiger partial charge on any atom is -0.497 e. The lowest BCUT2D eigenvalue weighted by atomic mass is 10.1. The summed E-state index contributed by atoms with van der Waals surface area (Å²) in [5, 5.41) is 10.2. The van der Waals surface area contributed by atoms with E-state index in [1.165, 1.54) is 11.8 Å². The number of hydrogen-bond acceptors (Lipinski definition) is 6. The first-order valence-electron chi connectivity index (χ1n) is 10.8. The highest BCUT2D eigenvalue weighted by Gasteiger charge is 2.19. The Bertz CT molecular complexity index is 1590. The molecule has 0 aliphatic carbocycles. The molecule has 5 aromatic rings. The maximum absolute atomic E-state index is 13.6. The molecular weight excluding hydrogens is 448 g/mol. The van der Waals surface area contributed by atoms with Crippen LogP contribution in [0.25, 0.3) is 22.4 Å². The van der Waals surface area contributed by atoms with Crippen LogP contribution >= 0.6 is 11.8 Å². The molecule has 0 N–H and O–H groups in total. The molecule has 0 saturated carbocycles. The van der Waals surface area contributed by atoms with Gasteiger partial charge in [0.05, 0.1) is 30.8 Å². The molecule has 0 atom stereocenters. The average Bonchev–Trinajstić information content (AvgIpc) is 3.29. The average molecular weight is 473 g/mol. The van der Waals surface area contributed by atoms with Gasteiger partial charge < -0.3 is 9.47 Å². The fourth-order valence-electron chi connectivity index (χ4n) is 4.10. The van der Waals surface area contributed by atoms with E-state index in [1.54, 1.807) is 18.8 Å². The van der Waals surface area contributed by atoms with Crippen LogP contribution in [0.4, 0.5) is 0 Å². The van der Waals surface area contributed by atoms with Crippen LogP contribution in [0.15, 0.2) is 70.6 Å². The number of ether oxygens (including phenoxy) is 2. The highest BCUT2D eigenvalue weighted by atomic mass is 32.2. The second-order valence-corrected chi connectivity index (χ2v) is 8.90. The molecule has 0 amide bonds. The Labute approximate surface area is 201 Å². The van der Waals surface area contributed by atoms with Crippen molar-refractivity contribution in [3.05, 3.63) is 87.7 Å². The van der Waals surface area contributed by atoms with Gasteiger partial charge in [0.1, 0.15) is 11.5 Å². The van der Waals surface area contributed by atoms with Crippen LogP contribution in [-0.2, 0) is 5.75 Å². The van der Waals surface area contributed by atoms with Gasteiger partial charge in [0.15, 0.2) is 5.16 Å². The predicted octanol–water partition coefficient (Wildman–Crippen LogP) is 4.96. The lowest BCUT2D eigenvalue weighted by molar-refractivity contribution is 0.400. The molecule has 2 aromatic heterocycles. The van der Waals surface area contributed by atoms with Crippen LogP contribution in [0.1, 0.15) is 16.7 Å². The number of rotatable bonds is 6. The second-order valence-electron chi connectivity index (χ2n) is 7.96. The molecule has 3 aromatic carbocycles. The third-order valence-electron chi connectivity index (χ3n) is 6.06. The summed E-state index contributed by atoms with van der Waals surface area (Å²) in [6.07, 6.45) is 0. The van der Waals surface area contributed by atoms with Gasteiger partial charge in [-0.15, -0.1) is 10.2 Å². The van der Waals surface area contributed by atoms with E-state index in [9.17, 15) is 4.79 Å². The zero-order valence-electron chi connectivity index (χ0n) is 19.4. The lowest BCUT2D eigenvalue weighted by Crippen LogP contribution is -2.22. The number of fused-ring (bicyclic) bond motifs is 3. The number of aromatic nitrogens is 4. The summed E-state index contributed by atoms with van der Waals surface area (Å²) in [6, 6.07) is 19.2. The number of thioether (sulfide) groups is 1. The van der Waals surface area contributed by atoms with Crippen molar-refractivity contribution in [1.29, 1.82) is 0 Å². The van der Waals surface area contributed by atoms with E-state index >= 15 is 0 Å². The van der Waals surface area contributed by atoms with E-state index in [0.717, 1.165) is 39.4 Å². The molecule has 8 heteroatoms.